The molecule has 0 aliphatic heterocycles. The number of hydrogen-bond donors (Lipinski definition) is 1. The van der Waals surface area contributed by atoms with E-state index in [9.17, 15) is 0 Å². The molecule has 1 aromatic carbocycles. The minimum Gasteiger partial charge on any atom is -0.307 e. The predicted molar refractivity (Wildman–Crippen MR) is 88.7 cm³/mol. The van der Waals surface area contributed by atoms with Crippen LogP contribution in [0.25, 0.3) is 0 Å². The van der Waals surface area contributed by atoms with Gasteiger partial charge in [0.15, 0.2) is 0 Å². The summed E-state index contributed by atoms with van der Waals surface area (Å²) in [6, 6.07) is 9.64. The maximum atomic E-state index is 3.93. The number of rotatable bonds is 3. The highest BCUT2D eigenvalue weighted by Gasteiger charge is 2.61. The lowest BCUT2D eigenvalue weighted by atomic mass is 9.69. The molecule has 2 saturated carbocycles. The third-order valence-electron chi connectivity index (χ3n) is 6.62. The Labute approximate surface area is 131 Å². The van der Waals surface area contributed by atoms with E-state index in [1.54, 1.807) is 0 Å². The largest absolute Gasteiger partial charge is 0.307 e. The van der Waals surface area contributed by atoms with Gasteiger partial charge in [0.05, 0.1) is 0 Å². The van der Waals surface area contributed by atoms with Gasteiger partial charge in [0, 0.05) is 16.6 Å². The molecule has 20 heavy (non-hydrogen) atoms. The molecule has 4 atom stereocenters. The molecule has 0 aromatic heterocycles. The van der Waals surface area contributed by atoms with Gasteiger partial charge in [-0.05, 0) is 54.6 Å². The number of fused-ring (bicyclic) bond motifs is 2. The van der Waals surface area contributed by atoms with Gasteiger partial charge < -0.3 is 5.32 Å². The van der Waals surface area contributed by atoms with E-state index < -0.39 is 0 Å². The van der Waals surface area contributed by atoms with Crippen molar-refractivity contribution in [2.45, 2.75) is 59.0 Å². The summed E-state index contributed by atoms with van der Waals surface area (Å²) < 4.78 is 1.22. The van der Waals surface area contributed by atoms with Crippen LogP contribution in [0, 0.1) is 16.7 Å². The van der Waals surface area contributed by atoms with Crippen molar-refractivity contribution in [1.82, 2.24) is 5.32 Å². The zero-order valence-corrected chi connectivity index (χ0v) is 14.6. The second-order valence-corrected chi connectivity index (χ2v) is 8.43. The summed E-state index contributed by atoms with van der Waals surface area (Å²) in [6.07, 6.45) is 4.15. The molecule has 3 unspecified atom stereocenters. The number of halogens is 1. The van der Waals surface area contributed by atoms with Crippen LogP contribution in [0.5, 0.6) is 0 Å². The van der Waals surface area contributed by atoms with Gasteiger partial charge in [0.25, 0.3) is 0 Å². The second-order valence-electron chi connectivity index (χ2n) is 7.57. The minimum atomic E-state index is 0.405. The standard InChI is InChI=1S/C18H26BrN/c1-12(14-7-5-6-8-15(14)19)20-16-11-13-9-10-18(16,4)17(13,2)3/h5-8,12-13,16,20H,9-11H2,1-4H3/t12-,13?,16?,18?/m1/s1. The first-order valence-corrected chi connectivity index (χ1v) is 8.66. The van der Waals surface area contributed by atoms with Crippen molar-refractivity contribution < 1.29 is 0 Å². The van der Waals surface area contributed by atoms with Crippen molar-refractivity contribution in [2.24, 2.45) is 16.7 Å². The lowest BCUT2D eigenvalue weighted by Crippen LogP contribution is -2.45. The van der Waals surface area contributed by atoms with Crippen molar-refractivity contribution in [2.75, 3.05) is 0 Å². The summed E-state index contributed by atoms with van der Waals surface area (Å²) in [5.74, 6) is 0.899. The van der Waals surface area contributed by atoms with Crippen molar-refractivity contribution in [3.63, 3.8) is 0 Å². The molecule has 2 aliphatic carbocycles. The van der Waals surface area contributed by atoms with Crippen molar-refractivity contribution in [3.8, 4) is 0 Å². The summed E-state index contributed by atoms with van der Waals surface area (Å²) in [5, 5.41) is 3.93. The van der Waals surface area contributed by atoms with Gasteiger partial charge in [-0.2, -0.15) is 0 Å². The summed E-state index contributed by atoms with van der Waals surface area (Å²) >= 11 is 3.68. The third kappa shape index (κ3) is 1.99. The van der Waals surface area contributed by atoms with Crippen LogP contribution in [0.4, 0.5) is 0 Å². The van der Waals surface area contributed by atoms with Crippen LogP contribution in [0.15, 0.2) is 28.7 Å². The van der Waals surface area contributed by atoms with Crippen LogP contribution in [-0.2, 0) is 0 Å². The molecule has 1 nitrogen and oxygen atoms in total. The van der Waals surface area contributed by atoms with E-state index in [0.29, 0.717) is 22.9 Å². The fourth-order valence-corrected chi connectivity index (χ4v) is 5.30. The molecule has 3 rings (SSSR count). The van der Waals surface area contributed by atoms with Crippen LogP contribution >= 0.6 is 15.9 Å². The molecule has 2 bridgehead atoms. The molecule has 1 N–H and O–H groups in total. The van der Waals surface area contributed by atoms with E-state index >= 15 is 0 Å². The molecule has 2 heteroatoms. The SMILES string of the molecule is C[C@@H](NC1CC2CCC1(C)C2(C)C)c1ccccc1Br. The van der Waals surface area contributed by atoms with E-state index in [4.69, 9.17) is 0 Å². The third-order valence-corrected chi connectivity index (χ3v) is 7.34. The van der Waals surface area contributed by atoms with Gasteiger partial charge in [-0.15, -0.1) is 0 Å². The maximum Gasteiger partial charge on any atom is 0.0305 e. The highest BCUT2D eigenvalue weighted by atomic mass is 79.9. The summed E-state index contributed by atoms with van der Waals surface area (Å²) in [4.78, 5) is 0. The van der Waals surface area contributed by atoms with Gasteiger partial charge >= 0.3 is 0 Å². The number of nitrogens with one attached hydrogen (secondary N) is 1. The molecule has 0 radical (unpaired) electrons. The molecule has 0 amide bonds. The van der Waals surface area contributed by atoms with Crippen LogP contribution < -0.4 is 5.32 Å². The summed E-state index contributed by atoms with van der Waals surface area (Å²) in [5.41, 5.74) is 2.31. The molecule has 0 heterocycles. The van der Waals surface area contributed by atoms with Crippen LogP contribution in [-0.4, -0.2) is 6.04 Å². The normalized spacial score (nSPS) is 36.2. The topological polar surface area (TPSA) is 12.0 Å². The molecule has 0 saturated heterocycles. The monoisotopic (exact) mass is 335 g/mol. The first-order valence-electron chi connectivity index (χ1n) is 7.87. The van der Waals surface area contributed by atoms with Gasteiger partial charge in [-0.1, -0.05) is 54.9 Å². The Hall–Kier alpha value is -0.340. The van der Waals surface area contributed by atoms with Gasteiger partial charge in [0.2, 0.25) is 0 Å². The molecule has 2 aliphatic rings. The van der Waals surface area contributed by atoms with E-state index in [-0.39, 0.29) is 0 Å². The minimum absolute atomic E-state index is 0.405. The van der Waals surface area contributed by atoms with Crippen molar-refractivity contribution in [3.05, 3.63) is 34.3 Å². The highest BCUT2D eigenvalue weighted by molar-refractivity contribution is 9.10. The zero-order chi connectivity index (χ0) is 14.5. The van der Waals surface area contributed by atoms with Gasteiger partial charge in [-0.25, -0.2) is 0 Å². The molecular weight excluding hydrogens is 310 g/mol. The molecule has 2 fully saturated rings. The predicted octanol–water partition coefficient (Wildman–Crippen LogP) is 5.31. The Morgan fingerprint density at radius 3 is 2.50 bits per heavy atom. The Morgan fingerprint density at radius 2 is 1.95 bits per heavy atom. The second kappa shape index (κ2) is 4.84. The smallest absolute Gasteiger partial charge is 0.0305 e. The first-order chi connectivity index (χ1) is 9.36. The van der Waals surface area contributed by atoms with Crippen molar-refractivity contribution >= 4 is 15.9 Å². The van der Waals surface area contributed by atoms with Crippen LogP contribution in [0.3, 0.4) is 0 Å². The lowest BCUT2D eigenvalue weighted by molar-refractivity contribution is 0.116. The maximum absolute atomic E-state index is 3.93. The highest BCUT2D eigenvalue weighted by Crippen LogP contribution is 2.65. The molecular formula is C18H26BrN. The van der Waals surface area contributed by atoms with Crippen molar-refractivity contribution in [1.29, 1.82) is 0 Å². The Morgan fingerprint density at radius 1 is 1.25 bits per heavy atom. The zero-order valence-electron chi connectivity index (χ0n) is 13.0. The average Bonchev–Trinajstić information content (AvgIpc) is 2.72. The molecule has 0 spiro atoms. The van der Waals surface area contributed by atoms with Crippen LogP contribution in [0.1, 0.15) is 58.6 Å². The van der Waals surface area contributed by atoms with E-state index in [0.717, 1.165) is 5.92 Å². The van der Waals surface area contributed by atoms with Gasteiger partial charge in [-0.3, -0.25) is 0 Å². The Bertz CT molecular complexity index is 510. The summed E-state index contributed by atoms with van der Waals surface area (Å²) in [7, 11) is 0. The lowest BCUT2D eigenvalue weighted by Gasteiger charge is -2.41. The fraction of sp³-hybridized carbons (Fsp3) is 0.667. The van der Waals surface area contributed by atoms with E-state index in [1.807, 2.05) is 0 Å². The van der Waals surface area contributed by atoms with Crippen LogP contribution in [0.2, 0.25) is 0 Å². The van der Waals surface area contributed by atoms with E-state index in [1.165, 1.54) is 29.3 Å². The molecule has 110 valence electrons. The van der Waals surface area contributed by atoms with E-state index in [2.05, 4.69) is 73.2 Å². The number of hydrogen-bond acceptors (Lipinski definition) is 1. The first kappa shape index (κ1) is 14.6. The quantitative estimate of drug-likeness (QED) is 0.788. The van der Waals surface area contributed by atoms with Gasteiger partial charge in [0.1, 0.15) is 0 Å². The summed E-state index contributed by atoms with van der Waals surface area (Å²) in [6.45, 7) is 9.76. The Balaban J connectivity index is 1.79. The molecule has 1 aromatic rings. The fourth-order valence-electron chi connectivity index (χ4n) is 4.67. The average molecular weight is 336 g/mol. The Kier molecular flexibility index (Phi) is 3.53. The number of benzene rings is 1.